The number of aliphatic hydroxyl groups is 1. The molecule has 19 heavy (non-hydrogen) atoms. The van der Waals surface area contributed by atoms with E-state index in [4.69, 9.17) is 4.74 Å². The van der Waals surface area contributed by atoms with Gasteiger partial charge in [0.05, 0.1) is 18.8 Å². The van der Waals surface area contributed by atoms with E-state index in [0.29, 0.717) is 6.42 Å². The third kappa shape index (κ3) is 2.73. The Morgan fingerprint density at radius 1 is 1.32 bits per heavy atom. The van der Waals surface area contributed by atoms with E-state index in [1.165, 1.54) is 16.0 Å². The van der Waals surface area contributed by atoms with Gasteiger partial charge in [0.1, 0.15) is 0 Å². The van der Waals surface area contributed by atoms with Crippen molar-refractivity contribution >= 4 is 11.3 Å². The highest BCUT2D eigenvalue weighted by Crippen LogP contribution is 2.35. The number of ether oxygens (including phenoxy) is 1. The summed E-state index contributed by atoms with van der Waals surface area (Å²) in [4.78, 5) is 2.27. The first-order chi connectivity index (χ1) is 9.24. The molecule has 0 saturated heterocycles. The minimum absolute atomic E-state index is 0.0161. The second-order valence-corrected chi connectivity index (χ2v) is 6.33. The summed E-state index contributed by atoms with van der Waals surface area (Å²) in [6.45, 7) is 2.81. The summed E-state index contributed by atoms with van der Waals surface area (Å²) in [7, 11) is 0. The van der Waals surface area contributed by atoms with Crippen molar-refractivity contribution in [2.75, 3.05) is 6.61 Å². The van der Waals surface area contributed by atoms with Crippen LogP contribution >= 0.6 is 11.3 Å². The predicted octanol–water partition coefficient (Wildman–Crippen LogP) is 3.79. The van der Waals surface area contributed by atoms with E-state index in [2.05, 4.69) is 31.2 Å². The summed E-state index contributed by atoms with van der Waals surface area (Å²) in [6, 6.07) is 12.5. The van der Waals surface area contributed by atoms with Gasteiger partial charge < -0.3 is 9.84 Å². The third-order valence-electron chi connectivity index (χ3n) is 3.62. The fraction of sp³-hybridized carbons (Fsp3) is 0.375. The quantitative estimate of drug-likeness (QED) is 0.922. The number of benzene rings is 1. The Balaban J connectivity index is 1.77. The van der Waals surface area contributed by atoms with Gasteiger partial charge in [0.15, 0.2) is 0 Å². The van der Waals surface area contributed by atoms with Crippen LogP contribution in [0.25, 0.3) is 0 Å². The van der Waals surface area contributed by atoms with Crippen molar-refractivity contribution in [2.24, 2.45) is 0 Å². The Kier molecular flexibility index (Phi) is 3.69. The van der Waals surface area contributed by atoms with E-state index in [-0.39, 0.29) is 6.10 Å². The van der Waals surface area contributed by atoms with Gasteiger partial charge in [-0.15, -0.1) is 11.3 Å². The lowest BCUT2D eigenvalue weighted by molar-refractivity contribution is 0.00457. The number of fused-ring (bicyclic) bond motifs is 1. The molecule has 0 amide bonds. The van der Waals surface area contributed by atoms with E-state index in [0.717, 1.165) is 17.9 Å². The average Bonchev–Trinajstić information content (AvgIpc) is 2.86. The fourth-order valence-corrected chi connectivity index (χ4v) is 3.50. The van der Waals surface area contributed by atoms with Crippen LogP contribution in [0.3, 0.4) is 0 Å². The molecule has 2 unspecified atom stereocenters. The first kappa shape index (κ1) is 12.9. The van der Waals surface area contributed by atoms with Gasteiger partial charge in [-0.1, -0.05) is 24.3 Å². The van der Waals surface area contributed by atoms with Crippen LogP contribution in [0.4, 0.5) is 0 Å². The van der Waals surface area contributed by atoms with Gasteiger partial charge in [-0.3, -0.25) is 0 Å². The van der Waals surface area contributed by atoms with E-state index in [9.17, 15) is 5.11 Å². The van der Waals surface area contributed by atoms with Gasteiger partial charge in [-0.05, 0) is 36.6 Å². The van der Waals surface area contributed by atoms with Crippen LogP contribution in [0.5, 0.6) is 0 Å². The third-order valence-corrected chi connectivity index (χ3v) is 4.72. The molecule has 0 spiro atoms. The molecule has 100 valence electrons. The maximum absolute atomic E-state index is 10.3. The minimum Gasteiger partial charge on any atom is -0.387 e. The van der Waals surface area contributed by atoms with Gasteiger partial charge >= 0.3 is 0 Å². The molecule has 1 aliphatic rings. The maximum Gasteiger partial charge on any atom is 0.0910 e. The van der Waals surface area contributed by atoms with Crippen molar-refractivity contribution < 1.29 is 9.84 Å². The van der Waals surface area contributed by atoms with Crippen molar-refractivity contribution in [3.63, 3.8) is 0 Å². The van der Waals surface area contributed by atoms with Crippen LogP contribution in [0.2, 0.25) is 0 Å². The molecule has 3 heteroatoms. The summed E-state index contributed by atoms with van der Waals surface area (Å²) in [5.74, 6) is 0. The summed E-state index contributed by atoms with van der Waals surface area (Å²) >= 11 is 1.66. The molecule has 1 N–H and O–H groups in total. The van der Waals surface area contributed by atoms with Gasteiger partial charge in [0.25, 0.3) is 0 Å². The van der Waals surface area contributed by atoms with Crippen molar-refractivity contribution in [2.45, 2.75) is 32.0 Å². The number of hydrogen-bond acceptors (Lipinski definition) is 3. The van der Waals surface area contributed by atoms with Crippen LogP contribution in [0.15, 0.2) is 36.4 Å². The topological polar surface area (TPSA) is 29.5 Å². The number of hydrogen-bond donors (Lipinski definition) is 1. The highest BCUT2D eigenvalue weighted by Gasteiger charge is 2.24. The summed E-state index contributed by atoms with van der Waals surface area (Å²) < 4.78 is 5.85. The molecule has 2 heterocycles. The molecular weight excluding hydrogens is 256 g/mol. The molecule has 3 rings (SSSR count). The number of aryl methyl sites for hydroxylation is 1. The van der Waals surface area contributed by atoms with Crippen LogP contribution in [0.1, 0.15) is 39.5 Å². The van der Waals surface area contributed by atoms with Gasteiger partial charge in [-0.2, -0.15) is 0 Å². The van der Waals surface area contributed by atoms with Gasteiger partial charge in [0, 0.05) is 16.2 Å². The average molecular weight is 274 g/mol. The molecule has 0 bridgehead atoms. The SMILES string of the molecule is Cc1ccc(C(O)CC2OCCc3ccccc32)s1. The smallest absolute Gasteiger partial charge is 0.0910 e. The highest BCUT2D eigenvalue weighted by atomic mass is 32.1. The van der Waals surface area contributed by atoms with Crippen LogP contribution in [-0.4, -0.2) is 11.7 Å². The van der Waals surface area contributed by atoms with Crippen molar-refractivity contribution in [1.29, 1.82) is 0 Å². The van der Waals surface area contributed by atoms with Gasteiger partial charge in [0.2, 0.25) is 0 Å². The van der Waals surface area contributed by atoms with E-state index in [1.54, 1.807) is 11.3 Å². The summed E-state index contributed by atoms with van der Waals surface area (Å²) in [5, 5.41) is 10.3. The van der Waals surface area contributed by atoms with E-state index in [1.807, 2.05) is 12.1 Å². The molecule has 2 atom stereocenters. The molecule has 2 nitrogen and oxygen atoms in total. The first-order valence-corrected chi connectivity index (χ1v) is 7.49. The second-order valence-electron chi connectivity index (χ2n) is 5.01. The molecule has 1 aromatic carbocycles. The molecule has 0 radical (unpaired) electrons. The zero-order valence-electron chi connectivity index (χ0n) is 11.0. The Bertz CT molecular complexity index is 561. The number of aliphatic hydroxyl groups excluding tert-OH is 1. The molecule has 1 aliphatic heterocycles. The predicted molar refractivity (Wildman–Crippen MR) is 77.5 cm³/mol. The Morgan fingerprint density at radius 2 is 2.16 bits per heavy atom. The molecular formula is C16H18O2S. The fourth-order valence-electron chi connectivity index (χ4n) is 2.62. The van der Waals surface area contributed by atoms with Crippen molar-refractivity contribution in [1.82, 2.24) is 0 Å². The largest absolute Gasteiger partial charge is 0.387 e. The lowest BCUT2D eigenvalue weighted by Crippen LogP contribution is -2.18. The summed E-state index contributed by atoms with van der Waals surface area (Å²) in [5.41, 5.74) is 2.59. The normalized spacial score (nSPS) is 20.0. The van der Waals surface area contributed by atoms with E-state index >= 15 is 0 Å². The lowest BCUT2D eigenvalue weighted by Gasteiger charge is -2.27. The first-order valence-electron chi connectivity index (χ1n) is 6.68. The second kappa shape index (κ2) is 5.45. The van der Waals surface area contributed by atoms with Crippen molar-refractivity contribution in [3.05, 3.63) is 57.3 Å². The zero-order valence-corrected chi connectivity index (χ0v) is 11.8. The molecule has 2 aromatic rings. The molecule has 0 fully saturated rings. The molecule has 0 saturated carbocycles. The van der Waals surface area contributed by atoms with Crippen LogP contribution in [-0.2, 0) is 11.2 Å². The Morgan fingerprint density at radius 3 is 2.95 bits per heavy atom. The Hall–Kier alpha value is -1.16. The van der Waals surface area contributed by atoms with Gasteiger partial charge in [-0.25, -0.2) is 0 Å². The minimum atomic E-state index is -0.435. The highest BCUT2D eigenvalue weighted by molar-refractivity contribution is 7.12. The number of rotatable bonds is 3. The molecule has 0 aliphatic carbocycles. The lowest BCUT2D eigenvalue weighted by atomic mass is 9.94. The zero-order chi connectivity index (χ0) is 13.2. The maximum atomic E-state index is 10.3. The van der Waals surface area contributed by atoms with E-state index < -0.39 is 6.10 Å². The Labute approximate surface area is 117 Å². The standard InChI is InChI=1S/C16H18O2S/c1-11-6-7-16(19-11)14(17)10-15-13-5-3-2-4-12(13)8-9-18-15/h2-7,14-15,17H,8-10H2,1H3. The van der Waals surface area contributed by atoms with Crippen LogP contribution in [0, 0.1) is 6.92 Å². The van der Waals surface area contributed by atoms with Crippen molar-refractivity contribution in [3.8, 4) is 0 Å². The monoisotopic (exact) mass is 274 g/mol. The molecule has 1 aromatic heterocycles. The number of thiophene rings is 1. The summed E-state index contributed by atoms with van der Waals surface area (Å²) in [6.07, 6.45) is 1.19. The van der Waals surface area contributed by atoms with Crippen LogP contribution < -0.4 is 0 Å².